The molecule has 17 heavy (non-hydrogen) atoms. The van der Waals surface area contributed by atoms with E-state index in [4.69, 9.17) is 18.0 Å². The average Bonchev–Trinajstić information content (AvgIpc) is 2.29. The first kappa shape index (κ1) is 12.2. The van der Waals surface area contributed by atoms with Crippen LogP contribution < -0.4 is 11.1 Å². The Kier molecular flexibility index (Phi) is 3.89. The molecular weight excluding hydrogens is 232 g/mol. The summed E-state index contributed by atoms with van der Waals surface area (Å²) in [5.41, 5.74) is 6.05. The van der Waals surface area contributed by atoms with Crippen molar-refractivity contribution in [3.8, 4) is 0 Å². The molecule has 0 bridgehead atoms. The third kappa shape index (κ3) is 3.36. The second-order valence-electron chi connectivity index (χ2n) is 4.76. The Bertz CT molecular complexity index is 390. The molecule has 2 rings (SSSR count). The molecule has 2 atom stereocenters. The van der Waals surface area contributed by atoms with Gasteiger partial charge in [-0.3, -0.25) is 0 Å². The molecule has 1 aliphatic carbocycles. The topological polar surface area (TPSA) is 63.8 Å². The molecule has 1 aromatic heterocycles. The Labute approximate surface area is 107 Å². The van der Waals surface area contributed by atoms with E-state index in [1.54, 1.807) is 12.4 Å². The number of nitrogens with zero attached hydrogens (tertiary/aromatic N) is 2. The molecule has 0 aromatic carbocycles. The molecule has 4 nitrogen and oxygen atoms in total. The molecule has 0 spiro atoms. The van der Waals surface area contributed by atoms with Gasteiger partial charge in [0.15, 0.2) is 0 Å². The number of anilines is 1. The second-order valence-corrected chi connectivity index (χ2v) is 5.20. The van der Waals surface area contributed by atoms with Gasteiger partial charge in [0.2, 0.25) is 0 Å². The number of hydrogen-bond donors (Lipinski definition) is 2. The lowest BCUT2D eigenvalue weighted by atomic mass is 9.87. The van der Waals surface area contributed by atoms with Crippen LogP contribution in [0.25, 0.3) is 0 Å². The van der Waals surface area contributed by atoms with E-state index in [-0.39, 0.29) is 4.99 Å². The van der Waals surface area contributed by atoms with Gasteiger partial charge < -0.3 is 11.1 Å². The fourth-order valence-electron chi connectivity index (χ4n) is 2.30. The lowest BCUT2D eigenvalue weighted by Crippen LogP contribution is -2.26. The summed E-state index contributed by atoms with van der Waals surface area (Å²) >= 11 is 4.84. The smallest absolute Gasteiger partial charge is 0.144 e. The molecule has 0 radical (unpaired) electrons. The van der Waals surface area contributed by atoms with Crippen LogP contribution in [0.5, 0.6) is 0 Å². The van der Waals surface area contributed by atoms with Crippen molar-refractivity contribution in [3.63, 3.8) is 0 Å². The number of nitrogens with two attached hydrogens (primary N) is 1. The summed E-state index contributed by atoms with van der Waals surface area (Å²) in [5, 5.41) is 3.42. The van der Waals surface area contributed by atoms with Crippen LogP contribution in [0.3, 0.4) is 0 Å². The van der Waals surface area contributed by atoms with Gasteiger partial charge in [0.05, 0.1) is 12.4 Å². The van der Waals surface area contributed by atoms with E-state index in [0.717, 1.165) is 11.7 Å². The second kappa shape index (κ2) is 5.40. The Hall–Kier alpha value is -1.23. The van der Waals surface area contributed by atoms with Gasteiger partial charge in [-0.2, -0.15) is 0 Å². The van der Waals surface area contributed by atoms with E-state index >= 15 is 0 Å². The van der Waals surface area contributed by atoms with Crippen molar-refractivity contribution in [3.05, 3.63) is 18.1 Å². The zero-order valence-electron chi connectivity index (χ0n) is 10.0. The van der Waals surface area contributed by atoms with Gasteiger partial charge in [-0.05, 0) is 18.8 Å². The van der Waals surface area contributed by atoms with Crippen molar-refractivity contribution in [1.29, 1.82) is 0 Å². The lowest BCUT2D eigenvalue weighted by Gasteiger charge is -2.27. The normalized spacial score (nSPS) is 24.3. The predicted molar refractivity (Wildman–Crippen MR) is 73.0 cm³/mol. The van der Waals surface area contributed by atoms with Crippen LogP contribution in [-0.2, 0) is 0 Å². The maximum atomic E-state index is 5.47. The minimum Gasteiger partial charge on any atom is -0.388 e. The third-order valence-electron chi connectivity index (χ3n) is 3.19. The number of thiocarbonyl (C=S) groups is 1. The van der Waals surface area contributed by atoms with Crippen LogP contribution in [0, 0.1) is 5.92 Å². The quantitative estimate of drug-likeness (QED) is 0.804. The summed E-state index contributed by atoms with van der Waals surface area (Å²) < 4.78 is 0. The predicted octanol–water partition coefficient (Wildman–Crippen LogP) is 2.10. The van der Waals surface area contributed by atoms with E-state index in [1.807, 2.05) is 0 Å². The Morgan fingerprint density at radius 2 is 2.24 bits per heavy atom. The molecule has 1 heterocycles. The summed E-state index contributed by atoms with van der Waals surface area (Å²) in [7, 11) is 0. The summed E-state index contributed by atoms with van der Waals surface area (Å²) in [6.45, 7) is 2.30. The van der Waals surface area contributed by atoms with Crippen LogP contribution >= 0.6 is 12.2 Å². The van der Waals surface area contributed by atoms with Crippen molar-refractivity contribution in [2.24, 2.45) is 11.7 Å². The van der Waals surface area contributed by atoms with Crippen LogP contribution in [0.1, 0.15) is 38.3 Å². The maximum absolute atomic E-state index is 5.47. The van der Waals surface area contributed by atoms with E-state index < -0.39 is 0 Å². The van der Waals surface area contributed by atoms with Crippen LogP contribution in [-0.4, -0.2) is 21.0 Å². The van der Waals surface area contributed by atoms with Gasteiger partial charge in [0, 0.05) is 6.04 Å². The summed E-state index contributed by atoms with van der Waals surface area (Å²) in [5.74, 6) is 1.61. The first-order valence-electron chi connectivity index (χ1n) is 6.03. The van der Waals surface area contributed by atoms with Crippen LogP contribution in [0.15, 0.2) is 12.4 Å². The molecule has 92 valence electrons. The summed E-state index contributed by atoms with van der Waals surface area (Å²) in [4.78, 5) is 8.74. The summed E-state index contributed by atoms with van der Waals surface area (Å²) in [6, 6.07) is 0.517. The first-order chi connectivity index (χ1) is 8.15. The van der Waals surface area contributed by atoms with E-state index in [0.29, 0.717) is 11.7 Å². The largest absolute Gasteiger partial charge is 0.388 e. The molecule has 1 aliphatic rings. The summed E-state index contributed by atoms with van der Waals surface area (Å²) in [6.07, 6.45) is 8.37. The molecule has 1 aromatic rings. The first-order valence-corrected chi connectivity index (χ1v) is 6.44. The molecule has 0 amide bonds. The van der Waals surface area contributed by atoms with Crippen molar-refractivity contribution in [2.45, 2.75) is 38.6 Å². The van der Waals surface area contributed by atoms with Crippen LogP contribution in [0.4, 0.5) is 5.82 Å². The number of rotatable bonds is 3. The Balaban J connectivity index is 1.96. The highest BCUT2D eigenvalue weighted by Crippen LogP contribution is 2.25. The van der Waals surface area contributed by atoms with Crippen molar-refractivity contribution in [2.75, 3.05) is 5.32 Å². The zero-order valence-corrected chi connectivity index (χ0v) is 10.8. The van der Waals surface area contributed by atoms with Gasteiger partial charge in [-0.1, -0.05) is 32.0 Å². The molecule has 1 fully saturated rings. The van der Waals surface area contributed by atoms with Crippen molar-refractivity contribution < 1.29 is 0 Å². The molecular formula is C12H18N4S. The Morgan fingerprint density at radius 1 is 1.41 bits per heavy atom. The number of aromatic nitrogens is 2. The highest BCUT2D eigenvalue weighted by molar-refractivity contribution is 7.80. The highest BCUT2D eigenvalue weighted by atomic mass is 32.1. The minimum atomic E-state index is 0.287. The number of hydrogen-bond acceptors (Lipinski definition) is 4. The van der Waals surface area contributed by atoms with Gasteiger partial charge in [-0.25, -0.2) is 9.97 Å². The SMILES string of the molecule is CC1CCCC(Nc2cnc(C(N)=S)cn2)C1. The molecule has 1 saturated carbocycles. The lowest BCUT2D eigenvalue weighted by molar-refractivity contribution is 0.358. The zero-order chi connectivity index (χ0) is 12.3. The fourth-order valence-corrected chi connectivity index (χ4v) is 2.41. The van der Waals surface area contributed by atoms with Crippen molar-refractivity contribution in [1.82, 2.24) is 9.97 Å². The van der Waals surface area contributed by atoms with Gasteiger partial charge in [-0.15, -0.1) is 0 Å². The Morgan fingerprint density at radius 3 is 2.82 bits per heavy atom. The monoisotopic (exact) mass is 250 g/mol. The van der Waals surface area contributed by atoms with Crippen molar-refractivity contribution >= 4 is 23.0 Å². The standard InChI is InChI=1S/C12H18N4S/c1-8-3-2-4-9(5-8)16-11-7-14-10(6-15-11)12(13)17/h6-9H,2-5H2,1H3,(H2,13,17)(H,15,16). The molecule has 3 N–H and O–H groups in total. The molecule has 0 saturated heterocycles. The van der Waals surface area contributed by atoms with Gasteiger partial charge >= 0.3 is 0 Å². The fraction of sp³-hybridized carbons (Fsp3) is 0.583. The third-order valence-corrected chi connectivity index (χ3v) is 3.40. The number of nitrogens with one attached hydrogen (secondary N) is 1. The molecule has 5 heteroatoms. The van der Waals surface area contributed by atoms with Gasteiger partial charge in [0.25, 0.3) is 0 Å². The van der Waals surface area contributed by atoms with E-state index in [1.165, 1.54) is 25.7 Å². The molecule has 2 unspecified atom stereocenters. The van der Waals surface area contributed by atoms with Crippen LogP contribution in [0.2, 0.25) is 0 Å². The van der Waals surface area contributed by atoms with E-state index in [2.05, 4.69) is 22.2 Å². The van der Waals surface area contributed by atoms with E-state index in [9.17, 15) is 0 Å². The molecule has 0 aliphatic heterocycles. The highest BCUT2D eigenvalue weighted by Gasteiger charge is 2.18. The van der Waals surface area contributed by atoms with Gasteiger partial charge in [0.1, 0.15) is 16.5 Å². The minimum absolute atomic E-state index is 0.287. The maximum Gasteiger partial charge on any atom is 0.144 e. The average molecular weight is 250 g/mol.